The fourth-order valence-corrected chi connectivity index (χ4v) is 1.26. The molecule has 0 saturated carbocycles. The molecular weight excluding hydrogens is 296 g/mol. The number of halogens is 1. The summed E-state index contributed by atoms with van der Waals surface area (Å²) in [6, 6.07) is 0. The summed E-state index contributed by atoms with van der Waals surface area (Å²) < 4.78 is 0.793. The van der Waals surface area contributed by atoms with E-state index in [0.29, 0.717) is 0 Å². The van der Waals surface area contributed by atoms with Gasteiger partial charge in [-0.3, -0.25) is 0 Å². The molecule has 0 aromatic carbocycles. The number of nitrogens with zero attached hydrogens (tertiary/aromatic N) is 2. The van der Waals surface area contributed by atoms with E-state index >= 15 is 0 Å². The molecule has 0 aliphatic carbocycles. The molecule has 0 unspecified atom stereocenters. The third-order valence-electron chi connectivity index (χ3n) is 0.460. The van der Waals surface area contributed by atoms with E-state index in [1.54, 1.807) is 12.4 Å². The molecule has 1 aliphatic heterocycles. The zero-order chi connectivity index (χ0) is 5.11. The van der Waals surface area contributed by atoms with Crippen LogP contribution in [0.15, 0.2) is 9.98 Å². The molecule has 1 aliphatic rings. The van der Waals surface area contributed by atoms with Gasteiger partial charge in [0.15, 0.2) is 0 Å². The Kier molecular flexibility index (Phi) is 1.94. The molecule has 0 aromatic rings. The van der Waals surface area contributed by atoms with E-state index in [9.17, 15) is 0 Å². The quantitative estimate of drug-likeness (QED) is 0.581. The predicted molar refractivity (Wildman–Crippen MR) is 27.8 cm³/mol. The Morgan fingerprint density at radius 1 is 1.43 bits per heavy atom. The molecule has 0 amide bonds. The fraction of sp³-hybridized carbons (Fsp3) is 0. The molecule has 0 radical (unpaired) electrons. The first-order chi connectivity index (χ1) is 3.43. The van der Waals surface area contributed by atoms with Gasteiger partial charge in [-0.25, -0.2) is 0 Å². The molecule has 0 saturated heterocycles. The monoisotopic (exact) mass is 298 g/mol. The van der Waals surface area contributed by atoms with Crippen molar-refractivity contribution in [2.24, 2.45) is 9.98 Å². The van der Waals surface area contributed by atoms with Gasteiger partial charge in [0.25, 0.3) is 0 Å². The van der Waals surface area contributed by atoms with Crippen LogP contribution in [0.5, 0.6) is 0 Å². The molecule has 0 aromatic heterocycles. The van der Waals surface area contributed by atoms with Crippen LogP contribution in [0.3, 0.4) is 0 Å². The van der Waals surface area contributed by atoms with Crippen LogP contribution in [-0.4, -0.2) is 16.4 Å². The van der Waals surface area contributed by atoms with Crippen LogP contribution in [0.4, 0.5) is 0 Å². The minimum atomic E-state index is -0.309. The molecule has 44 valence electrons. The van der Waals surface area contributed by atoms with Crippen molar-refractivity contribution in [2.45, 2.75) is 0 Å². The van der Waals surface area contributed by atoms with Gasteiger partial charge in [0, 0.05) is 0 Å². The van der Waals surface area contributed by atoms with Gasteiger partial charge in [0.1, 0.15) is 0 Å². The van der Waals surface area contributed by atoms with Crippen molar-refractivity contribution in [3.63, 3.8) is 0 Å². The van der Waals surface area contributed by atoms with Crippen LogP contribution >= 0.6 is 9.19 Å². The van der Waals surface area contributed by atoms with E-state index in [0.717, 1.165) is 3.97 Å². The van der Waals surface area contributed by atoms with Crippen LogP contribution < -0.4 is 0 Å². The fourth-order valence-electron chi connectivity index (χ4n) is 0.241. The topological polar surface area (TPSA) is 24.7 Å². The van der Waals surface area contributed by atoms with E-state index in [2.05, 4.69) is 9.98 Å². The van der Waals surface area contributed by atoms with Crippen molar-refractivity contribution in [2.75, 3.05) is 0 Å². The molecule has 1 rings (SSSR count). The number of rotatable bonds is 0. The van der Waals surface area contributed by atoms with Crippen molar-refractivity contribution in [3.8, 4) is 0 Å². The zero-order valence-corrected chi connectivity index (χ0v) is 6.15. The van der Waals surface area contributed by atoms with E-state index in [-0.39, 0.29) is 18.2 Å². The second-order valence-electron chi connectivity index (χ2n) is 0.848. The molecule has 0 spiro atoms. The predicted octanol–water partition coefficient (Wildman–Crippen LogP) is 0.465. The summed E-state index contributed by atoms with van der Waals surface area (Å²) in [6.45, 7) is 0. The summed E-state index contributed by atoms with van der Waals surface area (Å²) in [6.07, 6.45) is 3.29. The molecule has 0 atom stereocenters. The Labute approximate surface area is 54.0 Å². The molecular formula is C3H2AuClN2-2. The first-order valence-corrected chi connectivity index (χ1v) is 5.33. The normalized spacial score (nSPS) is 17.0. The van der Waals surface area contributed by atoms with Crippen LogP contribution in [0, 0.1) is 0 Å². The van der Waals surface area contributed by atoms with Gasteiger partial charge in [-0.2, -0.15) is 0 Å². The van der Waals surface area contributed by atoms with Crippen LogP contribution in [-0.2, 0) is 18.2 Å². The van der Waals surface area contributed by atoms with Crippen molar-refractivity contribution in [1.29, 1.82) is 0 Å². The Balaban J connectivity index is 2.79. The molecule has 7 heavy (non-hydrogen) atoms. The van der Waals surface area contributed by atoms with Gasteiger partial charge >= 0.3 is 53.8 Å². The van der Waals surface area contributed by atoms with Crippen molar-refractivity contribution in [3.05, 3.63) is 0 Å². The molecule has 0 fully saturated rings. The SMILES string of the molecule is [Cl][Au-2]=[C]1N=CC=N1. The molecule has 2 nitrogen and oxygen atoms in total. The molecule has 0 N–H and O–H groups in total. The number of aliphatic imine (C=N–C) groups is 2. The van der Waals surface area contributed by atoms with Gasteiger partial charge in [0.05, 0.1) is 0 Å². The minimum absolute atomic E-state index is 0.309. The van der Waals surface area contributed by atoms with E-state index in [1.165, 1.54) is 0 Å². The van der Waals surface area contributed by atoms with E-state index in [1.807, 2.05) is 0 Å². The Morgan fingerprint density at radius 3 is 2.29 bits per heavy atom. The van der Waals surface area contributed by atoms with Crippen molar-refractivity contribution in [1.82, 2.24) is 0 Å². The molecule has 4 heteroatoms. The summed E-state index contributed by atoms with van der Waals surface area (Å²) in [4.78, 5) is 7.67. The van der Waals surface area contributed by atoms with Crippen LogP contribution in [0.25, 0.3) is 0 Å². The summed E-state index contributed by atoms with van der Waals surface area (Å²) in [7, 11) is 5.44. The maximum absolute atomic E-state index is 5.44. The Bertz CT molecular complexity index is 135. The van der Waals surface area contributed by atoms with Crippen LogP contribution in [0.1, 0.15) is 0 Å². The first-order valence-electron chi connectivity index (χ1n) is 1.56. The summed E-state index contributed by atoms with van der Waals surface area (Å²) >= 11 is -0.309. The second-order valence-corrected chi connectivity index (χ2v) is 3.16. The van der Waals surface area contributed by atoms with Gasteiger partial charge in [-0.15, -0.1) is 0 Å². The maximum atomic E-state index is 5.44. The van der Waals surface area contributed by atoms with Crippen molar-refractivity contribution < 1.29 is 18.2 Å². The Morgan fingerprint density at radius 2 is 2.00 bits per heavy atom. The summed E-state index contributed by atoms with van der Waals surface area (Å²) in [5.41, 5.74) is 0. The first kappa shape index (κ1) is 5.38. The average molecular weight is 298 g/mol. The number of hydrogen-bond donors (Lipinski definition) is 0. The zero-order valence-electron chi connectivity index (χ0n) is 3.23. The van der Waals surface area contributed by atoms with Crippen molar-refractivity contribution >= 4 is 25.6 Å². The molecule has 0 bridgehead atoms. The van der Waals surface area contributed by atoms with E-state index in [4.69, 9.17) is 9.19 Å². The Hall–Kier alpha value is 0.240. The van der Waals surface area contributed by atoms with Crippen LogP contribution in [0.2, 0.25) is 0 Å². The number of hydrogen-bond acceptors (Lipinski definition) is 2. The average Bonchev–Trinajstić information content (AvgIpc) is 2.14. The third kappa shape index (κ3) is 1.31. The summed E-state index contributed by atoms with van der Waals surface area (Å²) in [5, 5.41) is 0. The standard InChI is InChI=1S/C3H2N2.Au.ClH/c1-2-5-3-4-1;;/h1-2H;;1H/q;-1;/p-1. The van der Waals surface area contributed by atoms with Gasteiger partial charge < -0.3 is 0 Å². The van der Waals surface area contributed by atoms with Gasteiger partial charge in [0.2, 0.25) is 0 Å². The van der Waals surface area contributed by atoms with Gasteiger partial charge in [-0.05, 0) is 0 Å². The second kappa shape index (κ2) is 2.52. The molecule has 1 heterocycles. The van der Waals surface area contributed by atoms with E-state index < -0.39 is 0 Å². The third-order valence-corrected chi connectivity index (χ3v) is 2.22. The van der Waals surface area contributed by atoms with Gasteiger partial charge in [-0.1, -0.05) is 0 Å². The summed E-state index contributed by atoms with van der Waals surface area (Å²) in [5.74, 6) is 0.